The Kier molecular flexibility index (Phi) is 7.23. The van der Waals surface area contributed by atoms with Gasteiger partial charge in [-0.05, 0) is 60.4 Å². The van der Waals surface area contributed by atoms with Gasteiger partial charge in [-0.15, -0.1) is 0 Å². The molecule has 39 heavy (non-hydrogen) atoms. The highest BCUT2D eigenvalue weighted by Gasteiger charge is 2.25. The molecular formula is C30H27FN2O6. The Hall–Kier alpha value is -4.79. The lowest BCUT2D eigenvalue weighted by atomic mass is 10.0. The maximum atomic E-state index is 13.4. The maximum absolute atomic E-state index is 13.4. The predicted octanol–water partition coefficient (Wildman–Crippen LogP) is 6.28. The molecule has 0 fully saturated rings. The van der Waals surface area contributed by atoms with Gasteiger partial charge >= 0.3 is 6.16 Å². The van der Waals surface area contributed by atoms with Crippen LogP contribution in [0.4, 0.5) is 9.18 Å². The monoisotopic (exact) mass is 530 g/mol. The fourth-order valence-corrected chi connectivity index (χ4v) is 4.43. The Morgan fingerprint density at radius 1 is 1.00 bits per heavy atom. The molecule has 200 valence electrons. The summed E-state index contributed by atoms with van der Waals surface area (Å²) in [6.45, 7) is 2.01. The number of aryl methyl sites for hydroxylation is 1. The van der Waals surface area contributed by atoms with Gasteiger partial charge in [-0.2, -0.15) is 0 Å². The summed E-state index contributed by atoms with van der Waals surface area (Å²) in [6.07, 6.45) is 2.94. The fraction of sp³-hybridized carbons (Fsp3) is 0.200. The number of ether oxygens (including phenoxy) is 4. The topological polar surface area (TPSA) is 92.0 Å². The lowest BCUT2D eigenvalue weighted by Crippen LogP contribution is -2.11. The number of carbonyl (C=O) groups is 1. The zero-order chi connectivity index (χ0) is 27.5. The summed E-state index contributed by atoms with van der Waals surface area (Å²) in [5.41, 5.74) is 2.98. The van der Waals surface area contributed by atoms with Crippen molar-refractivity contribution in [3.63, 3.8) is 0 Å². The van der Waals surface area contributed by atoms with Crippen molar-refractivity contribution < 1.29 is 33.2 Å². The van der Waals surface area contributed by atoms with Gasteiger partial charge in [0.05, 0.1) is 24.5 Å². The van der Waals surface area contributed by atoms with Crippen molar-refractivity contribution in [2.24, 2.45) is 7.05 Å². The number of pyridine rings is 1. The lowest BCUT2D eigenvalue weighted by molar-refractivity contribution is 0.105. The van der Waals surface area contributed by atoms with Crippen molar-refractivity contribution >= 4 is 27.8 Å². The molecule has 0 aliphatic carbocycles. The number of benzene rings is 3. The van der Waals surface area contributed by atoms with Gasteiger partial charge in [0, 0.05) is 24.8 Å². The molecule has 0 unspecified atom stereocenters. The van der Waals surface area contributed by atoms with Crippen molar-refractivity contribution in [2.45, 2.75) is 20.0 Å². The normalized spacial score (nSPS) is 11.1. The molecule has 0 spiro atoms. The summed E-state index contributed by atoms with van der Waals surface area (Å²) < 4.78 is 37.2. The van der Waals surface area contributed by atoms with Crippen molar-refractivity contribution in [1.82, 2.24) is 9.55 Å². The first kappa shape index (κ1) is 25.8. The Labute approximate surface area is 224 Å². The summed E-state index contributed by atoms with van der Waals surface area (Å²) in [6, 6.07) is 15.5. The Morgan fingerprint density at radius 3 is 2.41 bits per heavy atom. The number of hydrogen-bond donors (Lipinski definition) is 1. The van der Waals surface area contributed by atoms with Crippen LogP contribution in [0.5, 0.6) is 23.1 Å². The van der Waals surface area contributed by atoms with Crippen LogP contribution in [-0.4, -0.2) is 34.5 Å². The molecule has 5 aromatic rings. The van der Waals surface area contributed by atoms with Gasteiger partial charge in [0.15, 0.2) is 11.5 Å². The molecule has 2 heterocycles. The van der Waals surface area contributed by atoms with Crippen molar-refractivity contribution in [1.29, 1.82) is 0 Å². The van der Waals surface area contributed by atoms with Crippen LogP contribution < -0.4 is 14.2 Å². The summed E-state index contributed by atoms with van der Waals surface area (Å²) in [5, 5.41) is 12.3. The molecule has 1 N–H and O–H groups in total. The number of hydrogen-bond acceptors (Lipinski definition) is 7. The van der Waals surface area contributed by atoms with E-state index in [1.807, 2.05) is 30.3 Å². The third kappa shape index (κ3) is 5.29. The molecule has 0 aliphatic rings. The van der Waals surface area contributed by atoms with Gasteiger partial charge < -0.3 is 28.6 Å². The second-order valence-electron chi connectivity index (χ2n) is 8.98. The maximum Gasteiger partial charge on any atom is 0.513 e. The van der Waals surface area contributed by atoms with Crippen LogP contribution in [0.1, 0.15) is 23.6 Å². The molecule has 0 saturated heterocycles. The smallest absolute Gasteiger partial charge is 0.497 e. The Balaban J connectivity index is 1.65. The number of methoxy groups -OCH3 is 1. The first-order chi connectivity index (χ1) is 18.9. The van der Waals surface area contributed by atoms with Crippen molar-refractivity contribution in [2.75, 3.05) is 13.7 Å². The van der Waals surface area contributed by atoms with E-state index in [-0.39, 0.29) is 30.7 Å². The molecular weight excluding hydrogens is 503 g/mol. The van der Waals surface area contributed by atoms with Crippen molar-refractivity contribution in [3.8, 4) is 23.1 Å². The molecule has 9 heteroatoms. The minimum Gasteiger partial charge on any atom is -0.497 e. The van der Waals surface area contributed by atoms with Crippen LogP contribution >= 0.6 is 0 Å². The second kappa shape index (κ2) is 10.9. The van der Waals surface area contributed by atoms with E-state index in [0.29, 0.717) is 33.8 Å². The SMILES string of the molecule is CCOC(=O)Oc1c2cc(Cc3ccc(F)cc3)cnc2c(OCc2ccc(OC)cc2)c2c(O)n(C)cc12. The lowest BCUT2D eigenvalue weighted by Gasteiger charge is -2.16. The van der Waals surface area contributed by atoms with Crippen LogP contribution in [0.2, 0.25) is 0 Å². The highest BCUT2D eigenvalue weighted by atomic mass is 19.1. The Morgan fingerprint density at radius 2 is 1.72 bits per heavy atom. The van der Waals surface area contributed by atoms with E-state index in [0.717, 1.165) is 22.4 Å². The van der Waals surface area contributed by atoms with E-state index in [1.165, 1.54) is 16.7 Å². The van der Waals surface area contributed by atoms with Gasteiger partial charge in [0.25, 0.3) is 0 Å². The predicted molar refractivity (Wildman–Crippen MR) is 144 cm³/mol. The summed E-state index contributed by atoms with van der Waals surface area (Å²) in [4.78, 5) is 17.1. The molecule has 0 bridgehead atoms. The van der Waals surface area contributed by atoms with E-state index in [2.05, 4.69) is 4.98 Å². The molecule has 2 aromatic heterocycles. The average Bonchev–Trinajstić information content (AvgIpc) is 3.23. The average molecular weight is 531 g/mol. The van der Waals surface area contributed by atoms with Crippen LogP contribution in [0.15, 0.2) is 67.0 Å². The largest absolute Gasteiger partial charge is 0.513 e. The number of rotatable bonds is 8. The number of aromatic nitrogens is 2. The standard InChI is InChI=1S/C30H27FN2O6/c1-4-37-30(35)39-27-23-14-20(13-18-5-9-21(31)10-6-18)15-32-26(23)28(25-24(27)16-33(2)29(25)34)38-17-19-7-11-22(36-3)12-8-19/h5-12,14-16,34H,4,13,17H2,1-3H3. The van der Waals surface area contributed by atoms with E-state index in [9.17, 15) is 14.3 Å². The minimum atomic E-state index is -0.876. The molecule has 8 nitrogen and oxygen atoms in total. The van der Waals surface area contributed by atoms with E-state index < -0.39 is 6.16 Å². The summed E-state index contributed by atoms with van der Waals surface area (Å²) in [7, 11) is 3.28. The van der Waals surface area contributed by atoms with Crippen LogP contribution in [0.3, 0.4) is 0 Å². The minimum absolute atomic E-state index is 0.0671. The van der Waals surface area contributed by atoms with E-state index in [1.54, 1.807) is 45.6 Å². The van der Waals surface area contributed by atoms with Crippen molar-refractivity contribution in [3.05, 3.63) is 89.5 Å². The molecule has 0 aliphatic heterocycles. The molecule has 0 amide bonds. The highest BCUT2D eigenvalue weighted by molar-refractivity contribution is 6.12. The molecule has 0 saturated carbocycles. The van der Waals surface area contributed by atoms with Gasteiger partial charge in [-0.3, -0.25) is 4.98 Å². The van der Waals surface area contributed by atoms with Crippen LogP contribution in [-0.2, 0) is 24.8 Å². The van der Waals surface area contributed by atoms with Gasteiger partial charge in [0.2, 0.25) is 5.88 Å². The number of fused-ring (bicyclic) bond motifs is 2. The zero-order valence-electron chi connectivity index (χ0n) is 21.7. The highest BCUT2D eigenvalue weighted by Crippen LogP contribution is 2.47. The van der Waals surface area contributed by atoms with Crippen LogP contribution in [0.25, 0.3) is 21.7 Å². The molecule has 5 rings (SSSR count). The quantitative estimate of drug-likeness (QED) is 0.186. The summed E-state index contributed by atoms with van der Waals surface area (Å²) >= 11 is 0. The molecule has 0 radical (unpaired) electrons. The first-order valence-corrected chi connectivity index (χ1v) is 12.3. The van der Waals surface area contributed by atoms with Gasteiger partial charge in [0.1, 0.15) is 23.7 Å². The molecule has 0 atom stereocenters. The Bertz CT molecular complexity index is 1650. The zero-order valence-corrected chi connectivity index (χ0v) is 21.7. The number of carbonyl (C=O) groups excluding carboxylic acids is 1. The third-order valence-electron chi connectivity index (χ3n) is 6.34. The second-order valence-corrected chi connectivity index (χ2v) is 8.98. The van der Waals surface area contributed by atoms with Gasteiger partial charge in [-0.1, -0.05) is 24.3 Å². The number of aromatic hydroxyl groups is 1. The van der Waals surface area contributed by atoms with Gasteiger partial charge in [-0.25, -0.2) is 9.18 Å². The molecule has 3 aromatic carbocycles. The van der Waals surface area contributed by atoms with E-state index >= 15 is 0 Å². The third-order valence-corrected chi connectivity index (χ3v) is 6.34. The van der Waals surface area contributed by atoms with E-state index in [4.69, 9.17) is 18.9 Å². The first-order valence-electron chi connectivity index (χ1n) is 12.3. The number of nitrogens with zero attached hydrogens (tertiary/aromatic N) is 2. The summed E-state index contributed by atoms with van der Waals surface area (Å²) in [5.74, 6) is 0.883. The number of halogens is 1. The van der Waals surface area contributed by atoms with Crippen LogP contribution in [0, 0.1) is 5.82 Å². The fourth-order valence-electron chi connectivity index (χ4n) is 4.43.